The number of allylic oxidation sites excluding steroid dienone is 1. The molecule has 0 fully saturated rings. The highest BCUT2D eigenvalue weighted by molar-refractivity contribution is 6.15. The standard InChI is InChI=1S/C19H17FO6/c1-22-13-6-5-10(7-12(13)20)8-14-16(21)11-9-15(23-2)18(24-3)19(25-4)17(11)26-14/h5-9H,1-4H3/b14-8+. The minimum absolute atomic E-state index is 0.0400. The lowest BCUT2D eigenvalue weighted by Gasteiger charge is -2.14. The molecule has 3 rings (SSSR count). The molecular formula is C19H17FO6. The molecule has 0 saturated carbocycles. The van der Waals surface area contributed by atoms with Crippen LogP contribution in [0, 0.1) is 5.82 Å². The number of hydrogen-bond acceptors (Lipinski definition) is 6. The summed E-state index contributed by atoms with van der Waals surface area (Å²) in [5.74, 6) is 0.398. The molecule has 6 nitrogen and oxygen atoms in total. The third kappa shape index (κ3) is 2.81. The second kappa shape index (κ2) is 6.95. The van der Waals surface area contributed by atoms with Crippen LogP contribution in [0.2, 0.25) is 0 Å². The van der Waals surface area contributed by atoms with Gasteiger partial charge in [-0.25, -0.2) is 4.39 Å². The smallest absolute Gasteiger partial charge is 0.232 e. The van der Waals surface area contributed by atoms with Crippen molar-refractivity contribution in [2.24, 2.45) is 0 Å². The molecule has 0 unspecified atom stereocenters. The summed E-state index contributed by atoms with van der Waals surface area (Å²) >= 11 is 0. The number of rotatable bonds is 5. The first kappa shape index (κ1) is 17.6. The Bertz CT molecular complexity index is 903. The van der Waals surface area contributed by atoms with Crippen LogP contribution >= 0.6 is 0 Å². The summed E-state index contributed by atoms with van der Waals surface area (Å²) in [7, 11) is 5.73. The van der Waals surface area contributed by atoms with Gasteiger partial charge in [0.05, 0.1) is 34.0 Å². The Hall–Kier alpha value is -3.22. The van der Waals surface area contributed by atoms with Gasteiger partial charge >= 0.3 is 0 Å². The SMILES string of the molecule is COc1ccc(/C=C2/Oc3c(cc(OC)c(OC)c3OC)C2=O)cc1F. The van der Waals surface area contributed by atoms with E-state index in [0.29, 0.717) is 17.1 Å². The fourth-order valence-corrected chi connectivity index (χ4v) is 2.71. The van der Waals surface area contributed by atoms with Crippen LogP contribution in [0.5, 0.6) is 28.7 Å². The van der Waals surface area contributed by atoms with Gasteiger partial charge in [0.1, 0.15) is 0 Å². The van der Waals surface area contributed by atoms with E-state index in [2.05, 4.69) is 0 Å². The van der Waals surface area contributed by atoms with Gasteiger partial charge in [0.25, 0.3) is 0 Å². The van der Waals surface area contributed by atoms with Crippen molar-refractivity contribution in [3.8, 4) is 28.7 Å². The van der Waals surface area contributed by atoms with Crippen LogP contribution in [0.15, 0.2) is 30.0 Å². The monoisotopic (exact) mass is 360 g/mol. The molecular weight excluding hydrogens is 343 g/mol. The predicted molar refractivity (Wildman–Crippen MR) is 92.0 cm³/mol. The van der Waals surface area contributed by atoms with Crippen LogP contribution in [0.4, 0.5) is 4.39 Å². The largest absolute Gasteiger partial charge is 0.494 e. The van der Waals surface area contributed by atoms with Crippen molar-refractivity contribution >= 4 is 11.9 Å². The number of ketones is 1. The van der Waals surface area contributed by atoms with Crippen LogP contribution in [0.3, 0.4) is 0 Å². The molecule has 1 heterocycles. The van der Waals surface area contributed by atoms with Gasteiger partial charge in [0.2, 0.25) is 17.3 Å². The topological polar surface area (TPSA) is 63.2 Å². The summed E-state index contributed by atoms with van der Waals surface area (Å²) in [6.07, 6.45) is 1.45. The van der Waals surface area contributed by atoms with Gasteiger partial charge in [0, 0.05) is 0 Å². The fraction of sp³-hybridized carbons (Fsp3) is 0.211. The zero-order valence-electron chi connectivity index (χ0n) is 14.7. The van der Waals surface area contributed by atoms with Crippen LogP contribution < -0.4 is 23.7 Å². The zero-order valence-corrected chi connectivity index (χ0v) is 14.7. The number of carbonyl (C=O) groups is 1. The van der Waals surface area contributed by atoms with E-state index in [4.69, 9.17) is 23.7 Å². The summed E-state index contributed by atoms with van der Waals surface area (Å²) in [5, 5.41) is 0. The third-order valence-corrected chi connectivity index (χ3v) is 3.94. The Morgan fingerprint density at radius 2 is 1.62 bits per heavy atom. The Balaban J connectivity index is 2.06. The lowest BCUT2D eigenvalue weighted by molar-refractivity contribution is 0.101. The van der Waals surface area contributed by atoms with Crippen LogP contribution in [-0.4, -0.2) is 34.2 Å². The van der Waals surface area contributed by atoms with E-state index in [-0.39, 0.29) is 34.4 Å². The maximum atomic E-state index is 13.9. The summed E-state index contributed by atoms with van der Waals surface area (Å²) in [6, 6.07) is 5.87. The molecule has 0 amide bonds. The zero-order chi connectivity index (χ0) is 18.8. The Labute approximate surface area is 149 Å². The van der Waals surface area contributed by atoms with Crippen LogP contribution in [0.25, 0.3) is 6.08 Å². The molecule has 0 N–H and O–H groups in total. The Morgan fingerprint density at radius 3 is 2.19 bits per heavy atom. The third-order valence-electron chi connectivity index (χ3n) is 3.94. The molecule has 0 aromatic heterocycles. The lowest BCUT2D eigenvalue weighted by atomic mass is 10.1. The van der Waals surface area contributed by atoms with Gasteiger partial charge in [-0.3, -0.25) is 4.79 Å². The summed E-state index contributed by atoms with van der Waals surface area (Å²) in [6.45, 7) is 0. The maximum Gasteiger partial charge on any atom is 0.232 e. The second-order valence-corrected chi connectivity index (χ2v) is 5.36. The van der Waals surface area contributed by atoms with Crippen molar-refractivity contribution in [2.75, 3.05) is 28.4 Å². The number of fused-ring (bicyclic) bond motifs is 1. The molecule has 7 heteroatoms. The number of ether oxygens (including phenoxy) is 5. The van der Waals surface area contributed by atoms with E-state index in [1.54, 1.807) is 6.07 Å². The molecule has 0 saturated heterocycles. The minimum atomic E-state index is -0.536. The van der Waals surface area contributed by atoms with Gasteiger partial charge < -0.3 is 23.7 Å². The maximum absolute atomic E-state index is 13.9. The number of halogens is 1. The molecule has 0 atom stereocenters. The molecule has 1 aliphatic heterocycles. The van der Waals surface area contributed by atoms with Gasteiger partial charge in [-0.05, 0) is 29.8 Å². The summed E-state index contributed by atoms with van der Waals surface area (Å²) in [5.41, 5.74) is 0.733. The Morgan fingerprint density at radius 1 is 0.923 bits per heavy atom. The van der Waals surface area contributed by atoms with E-state index < -0.39 is 5.82 Å². The minimum Gasteiger partial charge on any atom is -0.494 e. The van der Waals surface area contributed by atoms with Gasteiger partial charge in [-0.15, -0.1) is 0 Å². The van der Waals surface area contributed by atoms with E-state index in [9.17, 15) is 9.18 Å². The molecule has 2 aromatic carbocycles. The van der Waals surface area contributed by atoms with Crippen molar-refractivity contribution in [2.45, 2.75) is 0 Å². The van der Waals surface area contributed by atoms with Crippen LogP contribution in [0.1, 0.15) is 15.9 Å². The molecule has 0 aliphatic carbocycles. The van der Waals surface area contributed by atoms with E-state index in [1.807, 2.05) is 0 Å². The molecule has 2 aromatic rings. The van der Waals surface area contributed by atoms with E-state index in [0.717, 1.165) is 0 Å². The Kier molecular flexibility index (Phi) is 4.71. The van der Waals surface area contributed by atoms with E-state index in [1.165, 1.54) is 52.7 Å². The summed E-state index contributed by atoms with van der Waals surface area (Å²) in [4.78, 5) is 12.7. The van der Waals surface area contributed by atoms with Gasteiger partial charge in [0.15, 0.2) is 28.8 Å². The average Bonchev–Trinajstić information content (AvgIpc) is 2.95. The van der Waals surface area contributed by atoms with Crippen LogP contribution in [-0.2, 0) is 0 Å². The second-order valence-electron chi connectivity index (χ2n) is 5.36. The molecule has 136 valence electrons. The first-order valence-electron chi connectivity index (χ1n) is 7.64. The van der Waals surface area contributed by atoms with Crippen molar-refractivity contribution in [1.29, 1.82) is 0 Å². The number of methoxy groups -OCH3 is 4. The van der Waals surface area contributed by atoms with Gasteiger partial charge in [-0.2, -0.15) is 0 Å². The molecule has 0 bridgehead atoms. The van der Waals surface area contributed by atoms with Gasteiger partial charge in [-0.1, -0.05) is 6.07 Å². The highest BCUT2D eigenvalue weighted by Crippen LogP contribution is 2.50. The number of Topliss-reactive ketones (excluding diaryl/α,β-unsaturated/α-hetero) is 1. The number of benzene rings is 2. The molecule has 1 aliphatic rings. The molecule has 0 spiro atoms. The first-order valence-corrected chi connectivity index (χ1v) is 7.64. The van der Waals surface area contributed by atoms with E-state index >= 15 is 0 Å². The normalized spacial score (nSPS) is 14.0. The van der Waals surface area contributed by atoms with Crippen molar-refractivity contribution < 1.29 is 32.9 Å². The fourth-order valence-electron chi connectivity index (χ4n) is 2.71. The molecule has 26 heavy (non-hydrogen) atoms. The molecule has 0 radical (unpaired) electrons. The first-order chi connectivity index (χ1) is 12.5. The lowest BCUT2D eigenvalue weighted by Crippen LogP contribution is -1.99. The van der Waals surface area contributed by atoms with Crippen molar-refractivity contribution in [3.05, 3.63) is 47.0 Å². The quantitative estimate of drug-likeness (QED) is 0.761. The predicted octanol–water partition coefficient (Wildman–Crippen LogP) is 3.48. The number of hydrogen-bond donors (Lipinski definition) is 0. The van der Waals surface area contributed by atoms with Crippen molar-refractivity contribution in [1.82, 2.24) is 0 Å². The highest BCUT2D eigenvalue weighted by atomic mass is 19.1. The van der Waals surface area contributed by atoms with Crippen molar-refractivity contribution in [3.63, 3.8) is 0 Å². The number of carbonyl (C=O) groups excluding carboxylic acids is 1. The average molecular weight is 360 g/mol. The highest BCUT2D eigenvalue weighted by Gasteiger charge is 2.34. The summed E-state index contributed by atoms with van der Waals surface area (Å²) < 4.78 is 40.3.